The van der Waals surface area contributed by atoms with Gasteiger partial charge in [-0.1, -0.05) is 46.0 Å². The molecule has 2 fully saturated rings. The minimum atomic E-state index is 0.361. The van der Waals surface area contributed by atoms with Gasteiger partial charge in [0.1, 0.15) is 0 Å². The van der Waals surface area contributed by atoms with E-state index in [-0.39, 0.29) is 0 Å². The molecule has 0 aromatic carbocycles. The van der Waals surface area contributed by atoms with Crippen molar-refractivity contribution in [1.29, 1.82) is 0 Å². The van der Waals surface area contributed by atoms with Gasteiger partial charge in [-0.25, -0.2) is 0 Å². The largest absolute Gasteiger partial charge is 0.373 e. The molecule has 4 unspecified atom stereocenters. The highest BCUT2D eigenvalue weighted by molar-refractivity contribution is 4.83. The molecule has 0 radical (unpaired) electrons. The fraction of sp³-hybridized carbons (Fsp3) is 1.00. The Bertz CT molecular complexity index is 209. The second-order valence-corrected chi connectivity index (χ2v) is 5.73. The number of rotatable bonds is 4. The lowest BCUT2D eigenvalue weighted by Crippen LogP contribution is -2.43. The Morgan fingerprint density at radius 3 is 2.47 bits per heavy atom. The molecule has 0 aromatic rings. The Kier molecular flexibility index (Phi) is 5.30. The standard InChI is InChI=1S/C15H28O2/c1-3-7-13-10-17-15(11-16-13)14-9-6-5-8-12(14)4-2/h12-15H,3-11H2,1-2H3. The first-order valence-electron chi connectivity index (χ1n) is 7.58. The Balaban J connectivity index is 1.82. The molecule has 1 aliphatic carbocycles. The second-order valence-electron chi connectivity index (χ2n) is 5.73. The van der Waals surface area contributed by atoms with E-state index in [1.165, 1.54) is 38.5 Å². The molecule has 1 heterocycles. The van der Waals surface area contributed by atoms with E-state index >= 15 is 0 Å². The highest BCUT2D eigenvalue weighted by Gasteiger charge is 2.34. The summed E-state index contributed by atoms with van der Waals surface area (Å²) >= 11 is 0. The van der Waals surface area contributed by atoms with Gasteiger partial charge in [0.15, 0.2) is 0 Å². The van der Waals surface area contributed by atoms with Gasteiger partial charge < -0.3 is 9.47 Å². The van der Waals surface area contributed by atoms with Crippen molar-refractivity contribution >= 4 is 0 Å². The van der Waals surface area contributed by atoms with E-state index in [4.69, 9.17) is 9.47 Å². The zero-order valence-corrected chi connectivity index (χ0v) is 11.5. The van der Waals surface area contributed by atoms with E-state index in [0.29, 0.717) is 12.2 Å². The van der Waals surface area contributed by atoms with Crippen LogP contribution in [0.4, 0.5) is 0 Å². The molecule has 1 saturated heterocycles. The fourth-order valence-corrected chi connectivity index (χ4v) is 3.53. The first kappa shape index (κ1) is 13.4. The summed E-state index contributed by atoms with van der Waals surface area (Å²) in [6, 6.07) is 0. The van der Waals surface area contributed by atoms with E-state index in [1.807, 2.05) is 0 Å². The molecule has 0 N–H and O–H groups in total. The van der Waals surface area contributed by atoms with Crippen LogP contribution in [0.1, 0.15) is 58.8 Å². The number of hydrogen-bond acceptors (Lipinski definition) is 2. The van der Waals surface area contributed by atoms with Gasteiger partial charge >= 0.3 is 0 Å². The molecule has 1 aliphatic heterocycles. The maximum absolute atomic E-state index is 6.09. The van der Waals surface area contributed by atoms with Crippen molar-refractivity contribution in [2.45, 2.75) is 71.0 Å². The quantitative estimate of drug-likeness (QED) is 0.744. The van der Waals surface area contributed by atoms with E-state index < -0.39 is 0 Å². The molecule has 1 saturated carbocycles. The third kappa shape index (κ3) is 3.45. The van der Waals surface area contributed by atoms with Gasteiger partial charge in [-0.3, -0.25) is 0 Å². The van der Waals surface area contributed by atoms with Gasteiger partial charge in [-0.2, -0.15) is 0 Å². The molecule has 0 bridgehead atoms. The summed E-state index contributed by atoms with van der Waals surface area (Å²) in [5.74, 6) is 1.64. The van der Waals surface area contributed by atoms with Crippen molar-refractivity contribution in [3.63, 3.8) is 0 Å². The average Bonchev–Trinajstić information content (AvgIpc) is 2.40. The van der Waals surface area contributed by atoms with Crippen LogP contribution >= 0.6 is 0 Å². The van der Waals surface area contributed by atoms with Gasteiger partial charge in [-0.15, -0.1) is 0 Å². The SMILES string of the molecule is CCCC1COC(C2CCCCC2CC)CO1. The number of ether oxygens (including phenoxy) is 2. The molecule has 100 valence electrons. The molecule has 0 spiro atoms. The molecule has 0 aromatic heterocycles. The maximum Gasteiger partial charge on any atom is 0.0840 e. The highest BCUT2D eigenvalue weighted by atomic mass is 16.6. The molecule has 2 rings (SSSR count). The molecule has 17 heavy (non-hydrogen) atoms. The third-order valence-corrected chi connectivity index (χ3v) is 4.57. The van der Waals surface area contributed by atoms with Crippen LogP contribution in [0, 0.1) is 11.8 Å². The lowest BCUT2D eigenvalue weighted by molar-refractivity contribution is -0.162. The zero-order valence-electron chi connectivity index (χ0n) is 11.5. The Hall–Kier alpha value is -0.0800. The molecule has 2 nitrogen and oxygen atoms in total. The van der Waals surface area contributed by atoms with Crippen LogP contribution in [0.25, 0.3) is 0 Å². The Labute approximate surface area is 106 Å². The first-order chi connectivity index (χ1) is 8.35. The van der Waals surface area contributed by atoms with E-state index in [2.05, 4.69) is 13.8 Å². The fourth-order valence-electron chi connectivity index (χ4n) is 3.53. The van der Waals surface area contributed by atoms with Crippen LogP contribution in [0.3, 0.4) is 0 Å². The molecule has 2 aliphatic rings. The summed E-state index contributed by atoms with van der Waals surface area (Å²) in [4.78, 5) is 0. The predicted molar refractivity (Wildman–Crippen MR) is 70.1 cm³/mol. The van der Waals surface area contributed by atoms with Crippen molar-refractivity contribution in [2.24, 2.45) is 11.8 Å². The Morgan fingerprint density at radius 1 is 1.00 bits per heavy atom. The van der Waals surface area contributed by atoms with Crippen LogP contribution < -0.4 is 0 Å². The molecular formula is C15H28O2. The van der Waals surface area contributed by atoms with Gasteiger partial charge in [0, 0.05) is 0 Å². The molecule has 2 heteroatoms. The topological polar surface area (TPSA) is 18.5 Å². The lowest BCUT2D eigenvalue weighted by atomic mass is 9.75. The molecule has 4 atom stereocenters. The summed E-state index contributed by atoms with van der Waals surface area (Å²) < 4.78 is 12.0. The summed E-state index contributed by atoms with van der Waals surface area (Å²) in [5, 5.41) is 0. The van der Waals surface area contributed by atoms with E-state index in [0.717, 1.165) is 31.5 Å². The lowest BCUT2D eigenvalue weighted by Gasteiger charge is -2.40. The highest BCUT2D eigenvalue weighted by Crippen LogP contribution is 2.36. The summed E-state index contributed by atoms with van der Waals surface area (Å²) in [6.07, 6.45) is 9.95. The van der Waals surface area contributed by atoms with Crippen molar-refractivity contribution in [3.8, 4) is 0 Å². The Morgan fingerprint density at radius 2 is 1.82 bits per heavy atom. The van der Waals surface area contributed by atoms with Crippen LogP contribution in [-0.2, 0) is 9.47 Å². The van der Waals surface area contributed by atoms with Crippen molar-refractivity contribution in [1.82, 2.24) is 0 Å². The third-order valence-electron chi connectivity index (χ3n) is 4.57. The monoisotopic (exact) mass is 240 g/mol. The van der Waals surface area contributed by atoms with E-state index in [9.17, 15) is 0 Å². The average molecular weight is 240 g/mol. The van der Waals surface area contributed by atoms with Crippen molar-refractivity contribution < 1.29 is 9.47 Å². The molecular weight excluding hydrogens is 212 g/mol. The summed E-state index contributed by atoms with van der Waals surface area (Å²) in [7, 11) is 0. The van der Waals surface area contributed by atoms with Crippen LogP contribution in [-0.4, -0.2) is 25.4 Å². The second kappa shape index (κ2) is 6.75. The first-order valence-corrected chi connectivity index (χ1v) is 7.58. The minimum absolute atomic E-state index is 0.361. The smallest absolute Gasteiger partial charge is 0.0840 e. The maximum atomic E-state index is 6.09. The van der Waals surface area contributed by atoms with Crippen molar-refractivity contribution in [2.75, 3.05) is 13.2 Å². The normalized spacial score (nSPS) is 39.2. The summed E-state index contributed by atoms with van der Waals surface area (Å²) in [5.41, 5.74) is 0. The predicted octanol–water partition coefficient (Wildman–Crippen LogP) is 3.79. The summed E-state index contributed by atoms with van der Waals surface area (Å²) in [6.45, 7) is 6.20. The minimum Gasteiger partial charge on any atom is -0.373 e. The van der Waals surface area contributed by atoms with Gasteiger partial charge in [-0.05, 0) is 24.7 Å². The van der Waals surface area contributed by atoms with Gasteiger partial charge in [0.2, 0.25) is 0 Å². The van der Waals surface area contributed by atoms with Crippen LogP contribution in [0.5, 0.6) is 0 Å². The van der Waals surface area contributed by atoms with Gasteiger partial charge in [0.25, 0.3) is 0 Å². The van der Waals surface area contributed by atoms with Gasteiger partial charge in [0.05, 0.1) is 25.4 Å². The number of hydrogen-bond donors (Lipinski definition) is 0. The van der Waals surface area contributed by atoms with Crippen LogP contribution in [0.2, 0.25) is 0 Å². The van der Waals surface area contributed by atoms with Crippen molar-refractivity contribution in [3.05, 3.63) is 0 Å². The van der Waals surface area contributed by atoms with E-state index in [1.54, 1.807) is 0 Å². The zero-order chi connectivity index (χ0) is 12.1. The molecule has 0 amide bonds. The van der Waals surface area contributed by atoms with Crippen LogP contribution in [0.15, 0.2) is 0 Å².